The molecule has 0 fully saturated rings. The third-order valence-corrected chi connectivity index (χ3v) is 9.11. The third kappa shape index (κ3) is 12.0. The topological polar surface area (TPSA) is 70.0 Å². The highest BCUT2D eigenvalue weighted by atomic mass is 35.5. The summed E-state index contributed by atoms with van der Waals surface area (Å²) < 4.78 is 89.6. The van der Waals surface area contributed by atoms with E-state index in [4.69, 9.17) is 21.4 Å². The van der Waals surface area contributed by atoms with Crippen LogP contribution in [0.2, 0.25) is 5.02 Å². The number of carbonyl (C=O) groups excluding carboxylic acids is 1. The summed E-state index contributed by atoms with van der Waals surface area (Å²) in [6.07, 6.45) is -2.48. The third-order valence-electron chi connectivity index (χ3n) is 8.69. The van der Waals surface area contributed by atoms with Gasteiger partial charge in [-0.3, -0.25) is 0 Å². The number of hydrogen-bond donors (Lipinski definition) is 2. The van der Waals surface area contributed by atoms with Crippen molar-refractivity contribution in [1.82, 2.24) is 4.90 Å². The van der Waals surface area contributed by atoms with Gasteiger partial charge in [0.2, 0.25) is 0 Å². The van der Waals surface area contributed by atoms with Gasteiger partial charge < -0.3 is 19.8 Å². The lowest BCUT2D eigenvalue weighted by atomic mass is 9.94. The summed E-state index contributed by atoms with van der Waals surface area (Å²) in [5, 5.41) is 18.9. The SMILES string of the molecule is Cc1c(/C=C/c2cc(CCCCO)ccc2C(F)(F)F)cccc1-c1cccc(/C=C/c2cc(CN(CCO)C(=O)OC(C)(C)C)ccc2C(F)(F)F)c1Cl. The van der Waals surface area contributed by atoms with Crippen molar-refractivity contribution in [2.45, 2.75) is 71.5 Å². The molecule has 0 aliphatic heterocycles. The maximum atomic E-state index is 14.1. The molecule has 0 saturated heterocycles. The van der Waals surface area contributed by atoms with Gasteiger partial charge >= 0.3 is 18.4 Å². The molecule has 0 aliphatic carbocycles. The van der Waals surface area contributed by atoms with Gasteiger partial charge in [-0.2, -0.15) is 26.3 Å². The molecular weight excluding hydrogens is 744 g/mol. The van der Waals surface area contributed by atoms with E-state index < -0.39 is 35.2 Å². The summed E-state index contributed by atoms with van der Waals surface area (Å²) in [7, 11) is 0. The normalized spacial score (nSPS) is 12.5. The molecule has 0 radical (unpaired) electrons. The first-order valence-electron chi connectivity index (χ1n) is 17.7. The number of aryl methyl sites for hydroxylation is 1. The minimum Gasteiger partial charge on any atom is -0.444 e. The van der Waals surface area contributed by atoms with E-state index in [0.29, 0.717) is 47.1 Å². The van der Waals surface area contributed by atoms with E-state index in [-0.39, 0.29) is 42.5 Å². The molecule has 4 aromatic rings. The number of benzene rings is 4. The predicted molar refractivity (Wildman–Crippen MR) is 206 cm³/mol. The van der Waals surface area contributed by atoms with Gasteiger partial charge in [-0.25, -0.2) is 4.79 Å². The van der Waals surface area contributed by atoms with Crippen LogP contribution in [0, 0.1) is 6.92 Å². The van der Waals surface area contributed by atoms with Crippen LogP contribution in [-0.2, 0) is 30.1 Å². The van der Waals surface area contributed by atoms with Gasteiger partial charge in [0.15, 0.2) is 0 Å². The summed E-state index contributed by atoms with van der Waals surface area (Å²) in [5.41, 5.74) is 1.49. The van der Waals surface area contributed by atoms with Gasteiger partial charge in [0.1, 0.15) is 5.60 Å². The van der Waals surface area contributed by atoms with Crippen LogP contribution in [0.4, 0.5) is 31.1 Å². The van der Waals surface area contributed by atoms with Gasteiger partial charge in [-0.05, 0) is 110 Å². The van der Waals surface area contributed by atoms with Crippen molar-refractivity contribution in [1.29, 1.82) is 0 Å². The van der Waals surface area contributed by atoms with E-state index in [1.54, 1.807) is 63.2 Å². The molecule has 4 rings (SSSR count). The van der Waals surface area contributed by atoms with Crippen LogP contribution in [0.25, 0.3) is 35.4 Å². The molecular formula is C43H44ClF6NO4. The first-order chi connectivity index (χ1) is 25.8. The molecule has 0 bridgehead atoms. The lowest BCUT2D eigenvalue weighted by molar-refractivity contribution is -0.138. The van der Waals surface area contributed by atoms with Crippen molar-refractivity contribution in [2.75, 3.05) is 19.8 Å². The van der Waals surface area contributed by atoms with E-state index in [1.165, 1.54) is 47.4 Å². The minimum absolute atomic E-state index is 0.00348. The summed E-state index contributed by atoms with van der Waals surface area (Å²) >= 11 is 6.89. The number of hydrogen-bond acceptors (Lipinski definition) is 4. The van der Waals surface area contributed by atoms with Gasteiger partial charge in [0, 0.05) is 25.3 Å². The van der Waals surface area contributed by atoms with Crippen LogP contribution in [0.3, 0.4) is 0 Å². The second-order valence-corrected chi connectivity index (χ2v) is 14.4. The van der Waals surface area contributed by atoms with Gasteiger partial charge in [-0.1, -0.05) is 90.5 Å². The Hall–Kier alpha value is -4.58. The first kappa shape index (κ1) is 43.2. The zero-order valence-electron chi connectivity index (χ0n) is 31.0. The van der Waals surface area contributed by atoms with E-state index in [0.717, 1.165) is 23.3 Å². The van der Waals surface area contributed by atoms with Crippen LogP contribution in [-0.4, -0.2) is 46.6 Å². The molecule has 0 atom stereocenters. The highest BCUT2D eigenvalue weighted by molar-refractivity contribution is 6.35. The number of carbonyl (C=O) groups is 1. The monoisotopic (exact) mass is 787 g/mol. The maximum Gasteiger partial charge on any atom is 0.416 e. The Morgan fingerprint density at radius 3 is 1.80 bits per heavy atom. The molecule has 0 saturated carbocycles. The summed E-state index contributed by atoms with van der Waals surface area (Å²) in [4.78, 5) is 14.0. The number of alkyl halides is 6. The number of unbranched alkanes of at least 4 members (excludes halogenated alkanes) is 1. The Kier molecular flexibility index (Phi) is 14.4. The first-order valence-corrected chi connectivity index (χ1v) is 18.0. The highest BCUT2D eigenvalue weighted by Gasteiger charge is 2.34. The largest absolute Gasteiger partial charge is 0.444 e. The van der Waals surface area contributed by atoms with Crippen molar-refractivity contribution in [3.63, 3.8) is 0 Å². The molecule has 294 valence electrons. The lowest BCUT2D eigenvalue weighted by Gasteiger charge is -2.27. The molecule has 5 nitrogen and oxygen atoms in total. The highest BCUT2D eigenvalue weighted by Crippen LogP contribution is 2.38. The molecule has 1 amide bonds. The zero-order valence-corrected chi connectivity index (χ0v) is 31.7. The van der Waals surface area contributed by atoms with E-state index in [2.05, 4.69) is 0 Å². The molecule has 12 heteroatoms. The van der Waals surface area contributed by atoms with E-state index >= 15 is 0 Å². The maximum absolute atomic E-state index is 14.1. The molecule has 0 heterocycles. The smallest absolute Gasteiger partial charge is 0.416 e. The second-order valence-electron chi connectivity index (χ2n) is 14.0. The molecule has 0 unspecified atom stereocenters. The number of nitrogens with zero attached hydrogens (tertiary/aromatic N) is 1. The number of aliphatic hydroxyl groups excluding tert-OH is 2. The fourth-order valence-corrected chi connectivity index (χ4v) is 6.28. The minimum atomic E-state index is -4.69. The summed E-state index contributed by atoms with van der Waals surface area (Å²) in [5.74, 6) is 0. The molecule has 2 N–H and O–H groups in total. The van der Waals surface area contributed by atoms with Crippen molar-refractivity contribution in [3.8, 4) is 11.1 Å². The fraction of sp³-hybridized carbons (Fsp3) is 0.326. The number of halogens is 7. The molecule has 0 aliphatic rings. The van der Waals surface area contributed by atoms with Crippen LogP contribution in [0.1, 0.15) is 83.7 Å². The number of rotatable bonds is 13. The molecule has 55 heavy (non-hydrogen) atoms. The quantitative estimate of drug-likeness (QED) is 0.0804. The fourth-order valence-electron chi connectivity index (χ4n) is 5.99. The Bertz CT molecular complexity index is 2010. The van der Waals surface area contributed by atoms with Crippen molar-refractivity contribution in [3.05, 3.63) is 128 Å². The van der Waals surface area contributed by atoms with Crippen molar-refractivity contribution in [2.24, 2.45) is 0 Å². The van der Waals surface area contributed by atoms with E-state index in [1.807, 2.05) is 6.92 Å². The van der Waals surface area contributed by atoms with Gasteiger partial charge in [0.05, 0.1) is 22.8 Å². The predicted octanol–water partition coefficient (Wildman–Crippen LogP) is 11.7. The van der Waals surface area contributed by atoms with Crippen LogP contribution in [0.15, 0.2) is 72.8 Å². The Morgan fingerprint density at radius 1 is 0.709 bits per heavy atom. The Balaban J connectivity index is 1.68. The van der Waals surface area contributed by atoms with Crippen LogP contribution in [0.5, 0.6) is 0 Å². The average Bonchev–Trinajstić information content (AvgIpc) is 3.09. The number of aliphatic hydroxyl groups is 2. The van der Waals surface area contributed by atoms with Crippen LogP contribution >= 0.6 is 11.6 Å². The zero-order chi connectivity index (χ0) is 40.6. The van der Waals surface area contributed by atoms with E-state index in [9.17, 15) is 36.2 Å². The molecule has 0 aromatic heterocycles. The van der Waals surface area contributed by atoms with Gasteiger partial charge in [-0.15, -0.1) is 0 Å². The standard InChI is InChI=1S/C43H44ClF6NO4/c1-28-31(16-18-33-25-29(9-5-6-23-52)14-20-37(33)42(45,46)47)10-7-12-35(28)36-13-8-11-32(39(36)44)17-19-34-26-30(15-21-38(34)43(48,49)50)27-51(22-24-53)40(54)55-41(2,3)4/h7-8,10-21,25-26,52-53H,5-6,9,22-24,27H2,1-4H3/b18-16+,19-17+. The number of ether oxygens (including phenoxy) is 1. The van der Waals surface area contributed by atoms with Crippen molar-refractivity contribution >= 4 is 42.0 Å². The average molecular weight is 788 g/mol. The Labute approximate surface area is 322 Å². The van der Waals surface area contributed by atoms with Gasteiger partial charge in [0.25, 0.3) is 0 Å². The lowest BCUT2D eigenvalue weighted by Crippen LogP contribution is -2.38. The van der Waals surface area contributed by atoms with Crippen molar-refractivity contribution < 1.29 is 46.1 Å². The summed E-state index contributed by atoms with van der Waals surface area (Å²) in [6, 6.07) is 18.0. The molecule has 0 spiro atoms. The Morgan fingerprint density at radius 2 is 1.24 bits per heavy atom. The number of amides is 1. The molecule has 4 aromatic carbocycles. The second kappa shape index (κ2) is 18.4. The summed E-state index contributed by atoms with van der Waals surface area (Å²) in [6.45, 7) is 6.28. The van der Waals surface area contributed by atoms with Crippen LogP contribution < -0.4 is 0 Å².